The molecule has 0 saturated carbocycles. The van der Waals surface area contributed by atoms with Crippen LogP contribution in [-0.4, -0.2) is 41.3 Å². The Hall–Kier alpha value is -3.32. The molecule has 1 N–H and O–H groups in total. The fourth-order valence-corrected chi connectivity index (χ4v) is 3.90. The minimum Gasteiger partial charge on any atom is -0.507 e. The second-order valence-electron chi connectivity index (χ2n) is 7.36. The van der Waals surface area contributed by atoms with E-state index in [1.807, 2.05) is 6.92 Å². The van der Waals surface area contributed by atoms with Gasteiger partial charge in [0, 0.05) is 19.0 Å². The van der Waals surface area contributed by atoms with Crippen LogP contribution in [-0.2, 0) is 14.4 Å². The average molecular weight is 458 g/mol. The van der Waals surface area contributed by atoms with Crippen molar-refractivity contribution >= 4 is 35.0 Å². The summed E-state index contributed by atoms with van der Waals surface area (Å²) in [5.41, 5.74) is 0.885. The van der Waals surface area contributed by atoms with Gasteiger partial charge in [-0.2, -0.15) is 0 Å². The third-order valence-electron chi connectivity index (χ3n) is 5.18. The second-order valence-corrected chi connectivity index (χ2v) is 7.77. The predicted octanol–water partition coefficient (Wildman–Crippen LogP) is 4.50. The van der Waals surface area contributed by atoms with Crippen molar-refractivity contribution in [1.29, 1.82) is 0 Å². The minimum absolute atomic E-state index is 0.0208. The Labute approximate surface area is 191 Å². The average Bonchev–Trinajstić information content (AvgIpc) is 3.02. The molecule has 1 aliphatic heterocycles. The number of rotatable bonds is 7. The number of methoxy groups -OCH3 is 1. The number of likely N-dealkylation sites (tertiary alicyclic amines) is 1. The summed E-state index contributed by atoms with van der Waals surface area (Å²) in [6, 6.07) is 10.4. The van der Waals surface area contributed by atoms with E-state index in [2.05, 4.69) is 0 Å². The Bertz CT molecular complexity index is 1080. The second kappa shape index (κ2) is 9.87. The Kier molecular flexibility index (Phi) is 7.20. The molecule has 7 nitrogen and oxygen atoms in total. The number of aliphatic hydroxyl groups excluding tert-OH is 1. The summed E-state index contributed by atoms with van der Waals surface area (Å²) in [5.74, 6) is -1.45. The molecule has 1 atom stereocenters. The van der Waals surface area contributed by atoms with Crippen LogP contribution >= 0.6 is 11.6 Å². The minimum atomic E-state index is -0.784. The first-order valence-electron chi connectivity index (χ1n) is 10.2. The zero-order valence-electron chi connectivity index (χ0n) is 18.1. The van der Waals surface area contributed by atoms with Gasteiger partial charge in [-0.05, 0) is 42.3 Å². The summed E-state index contributed by atoms with van der Waals surface area (Å²) in [4.78, 5) is 38.5. The topological polar surface area (TPSA) is 93.1 Å². The molecule has 0 radical (unpaired) electrons. The number of carbonyl (C=O) groups is 3. The van der Waals surface area contributed by atoms with Crippen LogP contribution in [0.3, 0.4) is 0 Å². The van der Waals surface area contributed by atoms with Crippen LogP contribution in [0.4, 0.5) is 0 Å². The largest absolute Gasteiger partial charge is 0.507 e. The van der Waals surface area contributed by atoms with Gasteiger partial charge in [0.1, 0.15) is 17.3 Å². The maximum atomic E-state index is 13.0. The summed E-state index contributed by atoms with van der Waals surface area (Å²) in [6.07, 6.45) is 1.53. The van der Waals surface area contributed by atoms with Gasteiger partial charge in [-0.1, -0.05) is 37.1 Å². The van der Waals surface area contributed by atoms with E-state index >= 15 is 0 Å². The molecule has 0 aromatic heterocycles. The lowest BCUT2D eigenvalue weighted by atomic mass is 9.95. The van der Waals surface area contributed by atoms with Crippen molar-refractivity contribution in [2.75, 3.05) is 13.7 Å². The van der Waals surface area contributed by atoms with Crippen LogP contribution < -0.4 is 9.47 Å². The summed E-state index contributed by atoms with van der Waals surface area (Å²) in [7, 11) is 1.47. The lowest BCUT2D eigenvalue weighted by molar-refractivity contribution is -0.139. The lowest BCUT2D eigenvalue weighted by Gasteiger charge is -2.25. The molecule has 1 amide bonds. The number of unbranched alkanes of at least 4 members (excludes halogenated alkanes) is 1. The molecule has 2 aromatic carbocycles. The Morgan fingerprint density at radius 3 is 2.41 bits per heavy atom. The van der Waals surface area contributed by atoms with Crippen LogP contribution in [0.5, 0.6) is 11.5 Å². The number of benzene rings is 2. The van der Waals surface area contributed by atoms with Gasteiger partial charge in [0.05, 0.1) is 23.7 Å². The number of halogens is 1. The molecule has 3 rings (SSSR count). The van der Waals surface area contributed by atoms with Gasteiger partial charge in [-0.25, -0.2) is 0 Å². The smallest absolute Gasteiger partial charge is 0.308 e. The Balaban J connectivity index is 2.12. The Morgan fingerprint density at radius 1 is 1.16 bits per heavy atom. The third kappa shape index (κ3) is 4.62. The van der Waals surface area contributed by atoms with Gasteiger partial charge >= 0.3 is 5.97 Å². The van der Waals surface area contributed by atoms with Crippen LogP contribution in [0.15, 0.2) is 48.0 Å². The van der Waals surface area contributed by atoms with Crippen LogP contribution in [0.1, 0.15) is 43.9 Å². The van der Waals surface area contributed by atoms with Crippen molar-refractivity contribution in [3.05, 3.63) is 64.2 Å². The molecule has 168 valence electrons. The molecule has 0 spiro atoms. The van der Waals surface area contributed by atoms with Gasteiger partial charge in [-0.15, -0.1) is 0 Å². The maximum Gasteiger partial charge on any atom is 0.308 e. The molecule has 2 aromatic rings. The van der Waals surface area contributed by atoms with Gasteiger partial charge in [0.25, 0.3) is 11.7 Å². The van der Waals surface area contributed by atoms with Crippen molar-refractivity contribution in [3.8, 4) is 11.5 Å². The first-order valence-corrected chi connectivity index (χ1v) is 10.6. The summed E-state index contributed by atoms with van der Waals surface area (Å²) in [6.45, 7) is 3.64. The highest BCUT2D eigenvalue weighted by Gasteiger charge is 2.45. The van der Waals surface area contributed by atoms with E-state index in [-0.39, 0.29) is 16.4 Å². The van der Waals surface area contributed by atoms with E-state index in [1.165, 1.54) is 25.0 Å². The summed E-state index contributed by atoms with van der Waals surface area (Å²) >= 11 is 6.19. The fourth-order valence-electron chi connectivity index (χ4n) is 3.64. The van der Waals surface area contributed by atoms with Gasteiger partial charge in [-0.3, -0.25) is 14.4 Å². The number of ketones is 1. The van der Waals surface area contributed by atoms with Gasteiger partial charge < -0.3 is 19.5 Å². The number of nitrogens with zero attached hydrogens (tertiary/aromatic N) is 1. The quantitative estimate of drug-likeness (QED) is 0.216. The van der Waals surface area contributed by atoms with E-state index < -0.39 is 23.7 Å². The lowest BCUT2D eigenvalue weighted by Crippen LogP contribution is -2.30. The number of hydrogen-bond donors (Lipinski definition) is 1. The van der Waals surface area contributed by atoms with Crippen molar-refractivity contribution in [3.63, 3.8) is 0 Å². The summed E-state index contributed by atoms with van der Waals surface area (Å²) < 4.78 is 10.2. The first-order chi connectivity index (χ1) is 15.3. The number of ether oxygens (including phenoxy) is 2. The highest BCUT2D eigenvalue weighted by Crippen LogP contribution is 2.40. The van der Waals surface area contributed by atoms with Crippen molar-refractivity contribution in [2.24, 2.45) is 0 Å². The number of aliphatic hydroxyl groups is 1. The molecule has 1 saturated heterocycles. The van der Waals surface area contributed by atoms with Crippen molar-refractivity contribution in [1.82, 2.24) is 4.90 Å². The third-order valence-corrected chi connectivity index (χ3v) is 5.47. The molecular weight excluding hydrogens is 434 g/mol. The van der Waals surface area contributed by atoms with Crippen molar-refractivity contribution < 1.29 is 29.0 Å². The SMILES string of the molecule is CCCCN1C(=O)C(=O)/C(=C(\O)c2ccc(OC)c(Cl)c2)C1c1ccc(OC(C)=O)cc1. The molecular formula is C24H24ClNO6. The van der Waals surface area contributed by atoms with E-state index in [9.17, 15) is 19.5 Å². The number of esters is 1. The molecule has 0 aliphatic carbocycles. The molecule has 1 heterocycles. The number of amides is 1. The number of hydrogen-bond acceptors (Lipinski definition) is 6. The summed E-state index contributed by atoms with van der Waals surface area (Å²) in [5, 5.41) is 11.3. The predicted molar refractivity (Wildman–Crippen MR) is 120 cm³/mol. The first kappa shape index (κ1) is 23.3. The van der Waals surface area contributed by atoms with E-state index in [0.29, 0.717) is 35.6 Å². The monoisotopic (exact) mass is 457 g/mol. The normalized spacial score (nSPS) is 17.5. The zero-order chi connectivity index (χ0) is 23.4. The van der Waals surface area contributed by atoms with Crippen LogP contribution in [0, 0.1) is 0 Å². The zero-order valence-corrected chi connectivity index (χ0v) is 18.8. The van der Waals surface area contributed by atoms with Crippen LogP contribution in [0.25, 0.3) is 5.76 Å². The molecule has 1 fully saturated rings. The van der Waals surface area contributed by atoms with E-state index in [1.54, 1.807) is 36.4 Å². The standard InChI is InChI=1S/C24H24ClNO6/c1-4-5-12-26-21(15-6-9-17(10-7-15)32-14(2)27)20(23(29)24(26)30)22(28)16-8-11-19(31-3)18(25)13-16/h6-11,13,21,28H,4-5,12H2,1-3H3/b22-20-. The number of carbonyl (C=O) groups excluding carboxylic acids is 3. The van der Waals surface area contributed by atoms with Crippen molar-refractivity contribution in [2.45, 2.75) is 32.7 Å². The fraction of sp³-hybridized carbons (Fsp3) is 0.292. The van der Waals surface area contributed by atoms with Crippen LogP contribution in [0.2, 0.25) is 5.02 Å². The van der Waals surface area contributed by atoms with Gasteiger partial charge in [0.15, 0.2) is 0 Å². The molecule has 1 aliphatic rings. The highest BCUT2D eigenvalue weighted by molar-refractivity contribution is 6.46. The number of Topliss-reactive ketones (excluding diaryl/α,β-unsaturated/α-hetero) is 1. The molecule has 32 heavy (non-hydrogen) atoms. The molecule has 1 unspecified atom stereocenters. The highest BCUT2D eigenvalue weighted by atomic mass is 35.5. The maximum absolute atomic E-state index is 13.0. The van der Waals surface area contributed by atoms with Gasteiger partial charge in [0.2, 0.25) is 0 Å². The molecule has 0 bridgehead atoms. The van der Waals surface area contributed by atoms with E-state index in [4.69, 9.17) is 21.1 Å². The van der Waals surface area contributed by atoms with E-state index in [0.717, 1.165) is 6.42 Å². The Morgan fingerprint density at radius 2 is 1.84 bits per heavy atom. The molecule has 8 heteroatoms.